The quantitative estimate of drug-likeness (QED) is 0.0418. The maximum Gasteiger partial charge on any atom is 0.269 e. The largest absolute Gasteiger partial charge is 0.458 e. The first-order valence-electron chi connectivity index (χ1n) is 54.4. The van der Waals surface area contributed by atoms with Crippen LogP contribution in [0, 0.1) is 20.0 Å². The van der Waals surface area contributed by atoms with Gasteiger partial charge in [-0.2, -0.15) is 0 Å². The number of rotatable bonds is 16. The van der Waals surface area contributed by atoms with E-state index in [1.54, 1.807) is 24.4 Å². The fourth-order valence-corrected chi connectivity index (χ4v) is 20.9. The molecule has 494 valence electrons. The van der Waals surface area contributed by atoms with E-state index in [1.807, 2.05) is 61.7 Å². The Morgan fingerprint density at radius 1 is 0.427 bits per heavy atom. The Morgan fingerprint density at radius 2 is 0.961 bits per heavy atom. The maximum atomic E-state index is 11.7. The van der Waals surface area contributed by atoms with Crippen LogP contribution in [0.4, 0.5) is 0 Å². The first-order valence-corrected chi connectivity index (χ1v) is 35.9. The molecule has 7 heteroatoms. The molecule has 0 fully saturated rings. The smallest absolute Gasteiger partial charge is 0.269 e. The van der Waals surface area contributed by atoms with Crippen LogP contribution in [0.25, 0.3) is 83.4 Å². The Bertz CT molecular complexity index is 8150. The van der Waals surface area contributed by atoms with Crippen LogP contribution < -0.4 is 50.8 Å². The van der Waals surface area contributed by atoms with Gasteiger partial charge in [0.25, 0.3) is 6.33 Å². The third-order valence-corrected chi connectivity index (χ3v) is 26.0. The Hall–Kier alpha value is -12.3. The zero-order valence-electron chi connectivity index (χ0n) is 99.4. The molecule has 0 unspecified atom stereocenters. The fourth-order valence-electron chi connectivity index (χ4n) is 13.3. The molecule has 0 aliphatic rings. The van der Waals surface area contributed by atoms with Crippen LogP contribution in [-0.4, -0.2) is 30.3 Å². The number of nitrogens with zero attached hydrogens (tertiary/aromatic N) is 4. The van der Waals surface area contributed by atoms with Gasteiger partial charge in [0.1, 0.15) is 17.3 Å². The van der Waals surface area contributed by atoms with E-state index in [0.29, 0.717) is 11.3 Å². The highest BCUT2D eigenvalue weighted by Crippen LogP contribution is 2.39. The van der Waals surface area contributed by atoms with Crippen molar-refractivity contribution in [3.63, 3.8) is 0 Å². The van der Waals surface area contributed by atoms with E-state index in [1.165, 1.54) is 36.4 Å². The first-order chi connectivity index (χ1) is 69.1. The Labute approximate surface area is 668 Å². The highest BCUT2D eigenvalue weighted by atomic mass is 28.3. The lowest BCUT2D eigenvalue weighted by Gasteiger charge is -2.37. The lowest BCUT2D eigenvalue weighted by Crippen LogP contribution is -2.76. The molecule has 0 aliphatic carbocycles. The Morgan fingerprint density at radius 3 is 1.55 bits per heavy atom. The molecule has 3 aromatic heterocycles. The number of aromatic nitrogens is 4. The summed E-state index contributed by atoms with van der Waals surface area (Å²) in [5, 5.41) is -9.60. The molecule has 0 saturated heterocycles. The normalized spacial score (nSPS) is 18.3. The number of imidazole rings is 1. The van der Waals surface area contributed by atoms with E-state index in [9.17, 15) is 48.0 Å². The van der Waals surface area contributed by atoms with Crippen LogP contribution in [0.3, 0.4) is 0 Å². The summed E-state index contributed by atoms with van der Waals surface area (Å²) in [6.07, 6.45) is 4.88. The minimum absolute atomic E-state index is 0.0734. The second-order valence-electron chi connectivity index (χ2n) is 24.7. The average Bonchev–Trinajstić information content (AvgIpc) is 0.776. The molecule has 0 aliphatic heterocycles. The summed E-state index contributed by atoms with van der Waals surface area (Å²) in [5.74, 6) is 0.576. The lowest BCUT2D eigenvalue weighted by molar-refractivity contribution is -0.570. The van der Waals surface area contributed by atoms with E-state index < -0.39 is 363 Å². The molecule has 17 rings (SSSR count). The predicted molar refractivity (Wildman–Crippen MR) is 434 cm³/mol. The number of hydrogen-bond donors (Lipinski definition) is 0. The van der Waals surface area contributed by atoms with Gasteiger partial charge in [0.2, 0.25) is 0 Å². The maximum absolute atomic E-state index is 11.7. The fraction of sp³-hybridized carbons (Fsp3) is 0.0625. The molecule has 0 atom stereocenters. The van der Waals surface area contributed by atoms with Crippen LogP contribution in [-0.2, 0) is 5.41 Å². The van der Waals surface area contributed by atoms with Gasteiger partial charge in [-0.05, 0) is 171 Å². The summed E-state index contributed by atoms with van der Waals surface area (Å²) in [6.45, 7) is -0.340. The predicted octanol–water partition coefficient (Wildman–Crippen LogP) is 17.7. The number of hydrogen-bond acceptors (Lipinski definition) is 2. The van der Waals surface area contributed by atoms with Crippen LogP contribution in [0.15, 0.2) is 369 Å². The van der Waals surface area contributed by atoms with E-state index in [2.05, 4.69) is 6.33 Å². The third-order valence-electron chi connectivity index (χ3n) is 17.9. The second-order valence-corrected chi connectivity index (χ2v) is 31.7. The lowest BCUT2D eigenvalue weighted by atomic mass is 9.88. The van der Waals surface area contributed by atoms with Gasteiger partial charge in [-0.1, -0.05) is 317 Å². The van der Waals surface area contributed by atoms with Crippen LogP contribution >= 0.6 is 0 Å². The standard InChI is InChI=1S/C96H76N4OSi2/c1-68-32-29-33-69(2)94(68)72-54-57-89-91(62-72)98(75-37-31-38-76(65-75)101-77-55-56-86-85-52-27-28-53-88(85)100(90(86)66-77)93-64-74(58-59-97-93)96(3,4)5)67-99(89)95-87(71-36-30-51-84(60-71)102(78-39-15-7-16-40-78,79-41-17-8-18-42-79)80-43-19-9-20-44-80)61-73(70-34-13-6-14-35-70)63-92(95)103(81-45-21-10-22-46-81,82-47-23-11-24-48-82)83-49-25-12-26-50-83/h6-66H,1-5H3/i1D3,2D3,6D,7D,8D,9D,10D,11D,12D,13D,14D,15D,16D,17D,18D,19D,20D,21D,22D,23D,24D,25D,26D,30D,34D,35D,36D,39D,40D,41D,42D,43D,44D,45D,46D,47D,48D,49D,50D,51D,60D. The van der Waals surface area contributed by atoms with Crippen LogP contribution in [0.5, 0.6) is 11.5 Å². The highest BCUT2D eigenvalue weighted by Gasteiger charge is 2.46. The van der Waals surface area contributed by atoms with E-state index in [-0.39, 0.29) is 28.2 Å². The van der Waals surface area contributed by atoms with Crippen molar-refractivity contribution < 1.29 is 71.0 Å². The Balaban J connectivity index is 1.19. The molecule has 0 saturated carbocycles. The summed E-state index contributed by atoms with van der Waals surface area (Å²) in [7, 11) is -14.4. The number of pyridine rings is 1. The number of para-hydroxylation sites is 1. The second kappa shape index (κ2) is 26.7. The third kappa shape index (κ3) is 11.3. The van der Waals surface area contributed by atoms with Gasteiger partial charge in [-0.25, -0.2) is 4.98 Å². The van der Waals surface area contributed by atoms with Crippen molar-refractivity contribution in [1.82, 2.24) is 14.1 Å². The molecule has 0 bridgehead atoms. The Kier molecular flexibility index (Phi) is 8.22. The summed E-state index contributed by atoms with van der Waals surface area (Å²) in [5.41, 5.74) is -7.17. The molecule has 0 N–H and O–H groups in total. The molecular weight excluding hydrogens is 1280 g/mol. The summed E-state index contributed by atoms with van der Waals surface area (Å²) < 4.78 is 453. The van der Waals surface area contributed by atoms with Crippen molar-refractivity contribution in [3.05, 3.63) is 392 Å². The van der Waals surface area contributed by atoms with E-state index >= 15 is 0 Å². The van der Waals surface area contributed by atoms with Crippen molar-refractivity contribution >= 4 is 90.5 Å². The van der Waals surface area contributed by atoms with Crippen molar-refractivity contribution in [2.75, 3.05) is 0 Å². The molecule has 0 amide bonds. The van der Waals surface area contributed by atoms with Crippen molar-refractivity contribution in [2.24, 2.45) is 0 Å². The van der Waals surface area contributed by atoms with Crippen LogP contribution in [0.1, 0.15) is 99.1 Å². The molecule has 3 heterocycles. The minimum atomic E-state index is -7.29. The first kappa shape index (κ1) is 31.7. The van der Waals surface area contributed by atoms with Crippen molar-refractivity contribution in [1.29, 1.82) is 0 Å². The summed E-state index contributed by atoms with van der Waals surface area (Å²) >= 11 is 0. The van der Waals surface area contributed by atoms with E-state index in [0.717, 1.165) is 67.4 Å². The van der Waals surface area contributed by atoms with Gasteiger partial charge in [0.15, 0.2) is 16.1 Å². The van der Waals surface area contributed by atoms with Gasteiger partial charge in [-0.3, -0.25) is 13.7 Å². The topological polar surface area (TPSA) is 35.9 Å². The van der Waals surface area contributed by atoms with Gasteiger partial charge in [0.05, 0.1) is 86.9 Å². The zero-order chi connectivity index (χ0) is 109. The average molecular weight is 1400 g/mol. The molecule has 0 spiro atoms. The van der Waals surface area contributed by atoms with Gasteiger partial charge < -0.3 is 4.74 Å². The van der Waals surface area contributed by atoms with Crippen LogP contribution in [0.2, 0.25) is 0 Å². The van der Waals surface area contributed by atoms with Gasteiger partial charge in [-0.15, -0.1) is 0 Å². The molecule has 17 aromatic rings. The SMILES string of the molecule is [2H]c1c([2H])c([2H])c(-c2cc(-c3c([2H])c([2H])c([2H])c([Si](c4c([2H])c([2H])c([2H])c([2H])c4[2H])(c4c([2H])c([2H])c([2H])c([2H])c4[2H])c4c([2H])c([2H])c([2H])c([2H])c4[2H])c3[2H])c(-[n+]3[c-]n(-c4cccc(Oc5ccc6c7ccccc7n(-c7cc(C(C)(C)C)ccn7)c6c5)c4)c4cc(-c5c(C([2H])([2H])[2H])cccc5C([2H])([2H])[2H])ccc43)c([Si](c3c([2H])c([2H])c([2H])c([2H])c3[2H])(c3c([2H])c([2H])c([2H])c([2H])c3[2H])c3c([2H])c([2H])c([2H])c([2H])c3[2H])c2)c([2H])c1[2H]. The summed E-state index contributed by atoms with van der Waals surface area (Å²) in [6, 6.07) is -25.0. The zero-order valence-corrected chi connectivity index (χ0v) is 56.4. The molecule has 14 aromatic carbocycles. The van der Waals surface area contributed by atoms with E-state index in [4.69, 9.17) is 23.4 Å². The van der Waals surface area contributed by atoms with Gasteiger partial charge >= 0.3 is 0 Å². The van der Waals surface area contributed by atoms with Crippen molar-refractivity contribution in [3.8, 4) is 62.1 Å². The highest BCUT2D eigenvalue weighted by molar-refractivity contribution is 7.21. The molecule has 0 radical (unpaired) electrons. The van der Waals surface area contributed by atoms with Crippen molar-refractivity contribution in [2.45, 2.75) is 39.9 Å². The number of ether oxygens (including phenoxy) is 1. The molecular formula is C96H76N4OSi2. The number of fused-ring (bicyclic) bond motifs is 4. The number of benzene rings is 14. The monoisotopic (exact) mass is 1400 g/mol. The summed E-state index contributed by atoms with van der Waals surface area (Å²) in [4.78, 5) is 4.83. The number of aryl methyl sites for hydroxylation is 2. The van der Waals surface area contributed by atoms with Gasteiger partial charge in [0, 0.05) is 31.3 Å². The molecule has 103 heavy (non-hydrogen) atoms. The molecule has 5 nitrogen and oxygen atoms in total. The minimum Gasteiger partial charge on any atom is -0.458 e.